The average Bonchev–Trinajstić information content (AvgIpc) is 2.48. The highest BCUT2D eigenvalue weighted by Gasteiger charge is 2.28. The first-order valence-corrected chi connectivity index (χ1v) is 14.0. The summed E-state index contributed by atoms with van der Waals surface area (Å²) in [4.78, 5) is 0.370. The Labute approximate surface area is 148 Å². The Morgan fingerprint density at radius 2 is 1.75 bits per heavy atom. The number of rotatable bonds is 6. The van der Waals surface area contributed by atoms with Crippen molar-refractivity contribution >= 4 is 18.1 Å². The van der Waals surface area contributed by atoms with Crippen LogP contribution in [-0.2, 0) is 10.0 Å². The predicted octanol–water partition coefficient (Wildman–Crippen LogP) is 4.66. The van der Waals surface area contributed by atoms with Crippen LogP contribution in [0.4, 0.5) is 0 Å². The molecular formula is C19H31NO2SSi. The van der Waals surface area contributed by atoms with Crippen LogP contribution in [0.3, 0.4) is 0 Å². The van der Waals surface area contributed by atoms with Crippen molar-refractivity contribution in [3.05, 3.63) is 41.6 Å². The van der Waals surface area contributed by atoms with E-state index in [0.29, 0.717) is 10.8 Å². The van der Waals surface area contributed by atoms with Crippen molar-refractivity contribution in [2.75, 3.05) is 0 Å². The van der Waals surface area contributed by atoms with Gasteiger partial charge in [-0.1, -0.05) is 62.0 Å². The van der Waals surface area contributed by atoms with E-state index in [-0.39, 0.29) is 6.04 Å². The molecule has 0 amide bonds. The van der Waals surface area contributed by atoms with Gasteiger partial charge < -0.3 is 0 Å². The van der Waals surface area contributed by atoms with Crippen molar-refractivity contribution in [1.82, 2.24) is 4.72 Å². The van der Waals surface area contributed by atoms with E-state index in [1.807, 2.05) is 19.1 Å². The van der Waals surface area contributed by atoms with Gasteiger partial charge in [-0.05, 0) is 44.2 Å². The van der Waals surface area contributed by atoms with Crippen molar-refractivity contribution in [2.24, 2.45) is 5.92 Å². The second kappa shape index (κ2) is 7.98. The minimum atomic E-state index is -3.43. The first kappa shape index (κ1) is 19.4. The Morgan fingerprint density at radius 1 is 1.12 bits per heavy atom. The zero-order valence-corrected chi connectivity index (χ0v) is 17.2. The Bertz CT molecular complexity index is 660. The van der Waals surface area contributed by atoms with E-state index < -0.39 is 18.1 Å². The third kappa shape index (κ3) is 5.87. The lowest BCUT2D eigenvalue weighted by molar-refractivity contribution is 0.291. The molecule has 0 spiro atoms. The lowest BCUT2D eigenvalue weighted by Gasteiger charge is -2.31. The molecule has 0 saturated heterocycles. The highest BCUT2D eigenvalue weighted by atomic mass is 32.2. The lowest BCUT2D eigenvalue weighted by Crippen LogP contribution is -2.41. The molecule has 2 rings (SSSR count). The van der Waals surface area contributed by atoms with Gasteiger partial charge >= 0.3 is 0 Å². The number of aryl methyl sites for hydroxylation is 1. The summed E-state index contributed by atoms with van der Waals surface area (Å²) in [7, 11) is -4.62. The predicted molar refractivity (Wildman–Crippen MR) is 104 cm³/mol. The Morgan fingerprint density at radius 3 is 2.38 bits per heavy atom. The summed E-state index contributed by atoms with van der Waals surface area (Å²) in [6.07, 6.45) is 7.62. The van der Waals surface area contributed by atoms with Crippen LogP contribution in [0.15, 0.2) is 40.9 Å². The second-order valence-corrected chi connectivity index (χ2v) is 14.9. The van der Waals surface area contributed by atoms with E-state index >= 15 is 0 Å². The van der Waals surface area contributed by atoms with Gasteiger partial charge in [0.15, 0.2) is 0 Å². The van der Waals surface area contributed by atoms with Crippen molar-refractivity contribution in [3.63, 3.8) is 0 Å². The summed E-state index contributed by atoms with van der Waals surface area (Å²) in [5.74, 6) is 0.409. The molecule has 1 saturated carbocycles. The molecule has 0 heterocycles. The Kier molecular flexibility index (Phi) is 6.45. The standard InChI is InChI=1S/C19H31NO2SSi/c1-16-11-13-18(14-12-16)23(21,22)20-19-10-6-5-8-17(19)9-7-15-24(2,3)4/h7,11-15,17,19-20H,5-6,8-10H2,1-4H3/b15-7+/t17-,19+/m0/s1. The van der Waals surface area contributed by atoms with Gasteiger partial charge in [0.25, 0.3) is 0 Å². The number of hydrogen-bond acceptors (Lipinski definition) is 2. The summed E-state index contributed by atoms with van der Waals surface area (Å²) < 4.78 is 28.3. The maximum atomic E-state index is 12.7. The summed E-state index contributed by atoms with van der Waals surface area (Å²) >= 11 is 0. The molecule has 1 aromatic rings. The molecule has 1 aliphatic carbocycles. The molecule has 0 unspecified atom stereocenters. The molecule has 1 fully saturated rings. The molecule has 0 bridgehead atoms. The quantitative estimate of drug-likeness (QED) is 0.746. The van der Waals surface area contributed by atoms with Gasteiger partial charge in [-0.15, -0.1) is 0 Å². The first-order chi connectivity index (χ1) is 11.2. The van der Waals surface area contributed by atoms with E-state index in [9.17, 15) is 8.42 Å². The fraction of sp³-hybridized carbons (Fsp3) is 0.579. The molecule has 134 valence electrons. The maximum Gasteiger partial charge on any atom is 0.240 e. The third-order valence-corrected chi connectivity index (χ3v) is 7.35. The molecular weight excluding hydrogens is 334 g/mol. The summed E-state index contributed by atoms with van der Waals surface area (Å²) in [5, 5.41) is 0. The Hall–Kier alpha value is -0.913. The summed E-state index contributed by atoms with van der Waals surface area (Å²) in [5.41, 5.74) is 3.44. The molecule has 0 aromatic heterocycles. The van der Waals surface area contributed by atoms with E-state index in [0.717, 1.165) is 31.2 Å². The minimum absolute atomic E-state index is 0.0522. The van der Waals surface area contributed by atoms with Crippen LogP contribution in [0.5, 0.6) is 0 Å². The van der Waals surface area contributed by atoms with Gasteiger partial charge in [0.1, 0.15) is 0 Å². The maximum absolute atomic E-state index is 12.7. The van der Waals surface area contributed by atoms with Crippen molar-refractivity contribution in [3.8, 4) is 0 Å². The number of allylic oxidation sites excluding steroid dienone is 1. The van der Waals surface area contributed by atoms with Gasteiger partial charge in [-0.3, -0.25) is 0 Å². The van der Waals surface area contributed by atoms with Crippen LogP contribution in [-0.4, -0.2) is 22.5 Å². The van der Waals surface area contributed by atoms with E-state index in [1.54, 1.807) is 12.1 Å². The van der Waals surface area contributed by atoms with Gasteiger partial charge in [-0.25, -0.2) is 13.1 Å². The number of benzene rings is 1. The van der Waals surface area contributed by atoms with Crippen LogP contribution in [0.25, 0.3) is 0 Å². The number of sulfonamides is 1. The highest BCUT2D eigenvalue weighted by molar-refractivity contribution is 7.89. The van der Waals surface area contributed by atoms with E-state index in [4.69, 9.17) is 0 Å². The van der Waals surface area contributed by atoms with E-state index in [1.165, 1.54) is 6.42 Å². The first-order valence-electron chi connectivity index (χ1n) is 8.94. The molecule has 0 radical (unpaired) electrons. The molecule has 3 nitrogen and oxygen atoms in total. The van der Waals surface area contributed by atoms with Crippen LogP contribution >= 0.6 is 0 Å². The van der Waals surface area contributed by atoms with Gasteiger partial charge in [-0.2, -0.15) is 0 Å². The molecule has 5 heteroatoms. The van der Waals surface area contributed by atoms with Crippen LogP contribution in [0, 0.1) is 12.8 Å². The van der Waals surface area contributed by atoms with Gasteiger partial charge in [0.2, 0.25) is 10.0 Å². The molecule has 1 N–H and O–H groups in total. The summed E-state index contributed by atoms with van der Waals surface area (Å²) in [6.45, 7) is 8.93. The van der Waals surface area contributed by atoms with Gasteiger partial charge in [0.05, 0.1) is 13.0 Å². The molecule has 0 aliphatic heterocycles. The fourth-order valence-electron chi connectivity index (χ4n) is 3.23. The zero-order valence-electron chi connectivity index (χ0n) is 15.4. The molecule has 2 atom stereocenters. The highest BCUT2D eigenvalue weighted by Crippen LogP contribution is 2.29. The minimum Gasteiger partial charge on any atom is -0.208 e. The van der Waals surface area contributed by atoms with Crippen LogP contribution in [0.1, 0.15) is 37.7 Å². The van der Waals surface area contributed by atoms with Crippen molar-refractivity contribution < 1.29 is 8.42 Å². The summed E-state index contributed by atoms with van der Waals surface area (Å²) in [6, 6.07) is 7.14. The molecule has 1 aliphatic rings. The average molecular weight is 366 g/mol. The van der Waals surface area contributed by atoms with Crippen molar-refractivity contribution in [2.45, 2.75) is 69.6 Å². The normalized spacial score (nSPS) is 22.8. The van der Waals surface area contributed by atoms with Crippen molar-refractivity contribution in [1.29, 1.82) is 0 Å². The second-order valence-electron chi connectivity index (χ2n) is 8.09. The molecule has 1 aromatic carbocycles. The number of nitrogens with one attached hydrogen (secondary N) is 1. The molecule has 24 heavy (non-hydrogen) atoms. The number of hydrogen-bond donors (Lipinski definition) is 1. The largest absolute Gasteiger partial charge is 0.240 e. The van der Waals surface area contributed by atoms with Gasteiger partial charge in [0, 0.05) is 6.04 Å². The Balaban J connectivity index is 2.07. The van der Waals surface area contributed by atoms with E-state index in [2.05, 4.69) is 36.1 Å². The smallest absolute Gasteiger partial charge is 0.208 e. The van der Waals surface area contributed by atoms with Crippen LogP contribution in [0.2, 0.25) is 19.6 Å². The lowest BCUT2D eigenvalue weighted by atomic mass is 9.83. The monoisotopic (exact) mass is 365 g/mol. The zero-order chi connectivity index (χ0) is 17.8. The topological polar surface area (TPSA) is 46.2 Å². The van der Waals surface area contributed by atoms with Crippen LogP contribution < -0.4 is 4.72 Å². The third-order valence-electron chi connectivity index (χ3n) is 4.60. The SMILES string of the molecule is Cc1ccc(S(=O)(=O)N[C@@H]2CCCC[C@H]2C/C=C/[Si](C)(C)C)cc1. The fourth-order valence-corrected chi connectivity index (χ4v) is 5.41.